The van der Waals surface area contributed by atoms with Gasteiger partial charge in [-0.1, -0.05) is 48.6 Å². The van der Waals surface area contributed by atoms with Gasteiger partial charge in [-0.2, -0.15) is 0 Å². The van der Waals surface area contributed by atoms with Crippen LogP contribution >= 0.6 is 0 Å². The van der Waals surface area contributed by atoms with E-state index in [9.17, 15) is 10.2 Å². The molecule has 0 radical (unpaired) electrons. The highest BCUT2D eigenvalue weighted by molar-refractivity contribution is 5.78. The predicted octanol–water partition coefficient (Wildman–Crippen LogP) is 4.27. The van der Waals surface area contributed by atoms with Gasteiger partial charge in [0.25, 0.3) is 0 Å². The lowest BCUT2D eigenvalue weighted by atomic mass is 9.52. The number of likely N-dealkylation sites (N-methyl/N-ethyl adjacent to an activating group) is 2. The van der Waals surface area contributed by atoms with Gasteiger partial charge < -0.3 is 29.0 Å². The van der Waals surface area contributed by atoms with Crippen molar-refractivity contribution in [3.8, 4) is 0 Å². The van der Waals surface area contributed by atoms with Crippen molar-refractivity contribution in [2.45, 2.75) is 86.0 Å². The lowest BCUT2D eigenvalue weighted by molar-refractivity contribution is -0.925. The molecule has 8 heterocycles. The van der Waals surface area contributed by atoms with Gasteiger partial charge in [0, 0.05) is 60.7 Å². The summed E-state index contributed by atoms with van der Waals surface area (Å²) < 4.78 is 2.10. The molecule has 2 aromatic carbocycles. The Hall–Kier alpha value is -2.64. The molecule has 6 saturated heterocycles. The fourth-order valence-electron chi connectivity index (χ4n) is 16.1. The minimum absolute atomic E-state index is 0.0354. The maximum absolute atomic E-state index is 14.2. The lowest BCUT2D eigenvalue weighted by Crippen LogP contribution is -2.77. The van der Waals surface area contributed by atoms with E-state index in [0.29, 0.717) is 23.9 Å². The van der Waals surface area contributed by atoms with Crippen LogP contribution in [-0.4, -0.2) is 95.1 Å². The van der Waals surface area contributed by atoms with Crippen molar-refractivity contribution in [2.24, 2.45) is 23.7 Å². The molecule has 14 atom stereocenters. The Morgan fingerprint density at radius 2 is 1.09 bits per heavy atom. The number of nitrogens with zero attached hydrogens (tertiary/aromatic N) is 4. The highest BCUT2D eigenvalue weighted by Crippen LogP contribution is 2.80. The lowest BCUT2D eigenvalue weighted by Gasteiger charge is -2.62. The molecule has 2 unspecified atom stereocenters. The highest BCUT2D eigenvalue weighted by Gasteiger charge is 2.91. The van der Waals surface area contributed by atoms with Crippen LogP contribution in [0.1, 0.15) is 50.7 Å². The van der Waals surface area contributed by atoms with Crippen molar-refractivity contribution in [3.05, 3.63) is 83.0 Å². The third-order valence-corrected chi connectivity index (χ3v) is 17.2. The van der Waals surface area contributed by atoms with Crippen LogP contribution in [0, 0.1) is 23.7 Å². The molecule has 6 nitrogen and oxygen atoms in total. The monoisotopic (exact) mass is 616 g/mol. The van der Waals surface area contributed by atoms with Gasteiger partial charge in [-0.05, 0) is 48.3 Å². The summed E-state index contributed by atoms with van der Waals surface area (Å²) in [6, 6.07) is 19.3. The largest absolute Gasteiger partial charge is 0.369 e. The summed E-state index contributed by atoms with van der Waals surface area (Å²) in [7, 11) is 4.97. The van der Waals surface area contributed by atoms with Gasteiger partial charge in [0.1, 0.15) is 36.0 Å². The van der Waals surface area contributed by atoms with E-state index >= 15 is 0 Å². The van der Waals surface area contributed by atoms with E-state index in [2.05, 4.69) is 98.4 Å². The highest BCUT2D eigenvalue weighted by atomic mass is 16.3. The van der Waals surface area contributed by atoms with E-state index in [1.54, 1.807) is 11.1 Å². The molecule has 2 saturated carbocycles. The molecule has 6 heteroatoms. The van der Waals surface area contributed by atoms with Crippen molar-refractivity contribution in [3.63, 3.8) is 0 Å². The fraction of sp³-hybridized carbons (Fsp3) is 0.600. The fourth-order valence-corrected chi connectivity index (χ4v) is 16.1. The van der Waals surface area contributed by atoms with Gasteiger partial charge in [0.2, 0.25) is 0 Å². The molecule has 0 aromatic heterocycles. The topological polar surface area (TPSA) is 46.9 Å². The first kappa shape index (κ1) is 26.3. The van der Waals surface area contributed by atoms with Crippen LogP contribution in [0.15, 0.2) is 71.8 Å². The van der Waals surface area contributed by atoms with Crippen LogP contribution in [0.4, 0.5) is 11.4 Å². The second-order valence-corrected chi connectivity index (χ2v) is 17.9. The quantitative estimate of drug-likeness (QED) is 0.343. The Labute approximate surface area is 272 Å². The summed E-state index contributed by atoms with van der Waals surface area (Å²) in [5, 5.41) is 28.4. The minimum atomic E-state index is -0.974. The van der Waals surface area contributed by atoms with E-state index in [1.807, 2.05) is 0 Å². The maximum atomic E-state index is 14.2. The molecular weight excluding hydrogens is 568 g/mol. The Kier molecular flexibility index (Phi) is 4.20. The molecule has 238 valence electrons. The van der Waals surface area contributed by atoms with E-state index in [-0.39, 0.29) is 34.7 Å². The van der Waals surface area contributed by atoms with Crippen molar-refractivity contribution < 1.29 is 19.2 Å². The normalized spacial score (nSPS) is 56.7. The third-order valence-electron chi connectivity index (χ3n) is 17.2. The molecule has 0 amide bonds. The zero-order chi connectivity index (χ0) is 31.0. The zero-order valence-electron chi connectivity index (χ0n) is 27.7. The number of piperidine rings is 2. The Balaban J connectivity index is 1.20. The molecule has 8 aliphatic heterocycles. The van der Waals surface area contributed by atoms with Gasteiger partial charge in [-0.25, -0.2) is 0 Å². The molecule has 4 bridgehead atoms. The summed E-state index contributed by atoms with van der Waals surface area (Å²) in [6.07, 6.45) is 9.18. The van der Waals surface area contributed by atoms with Crippen molar-refractivity contribution in [2.75, 3.05) is 50.1 Å². The summed E-state index contributed by atoms with van der Waals surface area (Å²) >= 11 is 0. The van der Waals surface area contributed by atoms with Crippen LogP contribution in [0.25, 0.3) is 0 Å². The summed E-state index contributed by atoms with van der Waals surface area (Å²) in [5.74, 6) is 0.713. The predicted molar refractivity (Wildman–Crippen MR) is 178 cm³/mol. The average molecular weight is 617 g/mol. The number of benzene rings is 2. The van der Waals surface area contributed by atoms with Gasteiger partial charge >= 0.3 is 0 Å². The van der Waals surface area contributed by atoms with E-state index in [1.165, 1.54) is 22.5 Å². The summed E-state index contributed by atoms with van der Waals surface area (Å²) in [6.45, 7) is 8.92. The van der Waals surface area contributed by atoms with Crippen LogP contribution < -0.4 is 9.80 Å². The van der Waals surface area contributed by atoms with Gasteiger partial charge in [0.15, 0.2) is 11.4 Å². The number of hydrogen-bond acceptors (Lipinski definition) is 4. The third kappa shape index (κ3) is 2.14. The maximum Gasteiger partial charge on any atom is 0.159 e. The number of para-hydroxylation sites is 2. The number of anilines is 2. The molecule has 2 aliphatic carbocycles. The molecule has 2 spiro atoms. The first-order chi connectivity index (χ1) is 22.2. The molecule has 10 aliphatic rings. The number of quaternary nitrogens is 2. The van der Waals surface area contributed by atoms with Crippen LogP contribution in [0.5, 0.6) is 0 Å². The number of rotatable bonds is 0. The number of allylic oxidation sites excluding steroid dienone is 2. The van der Waals surface area contributed by atoms with Crippen LogP contribution in [-0.2, 0) is 10.8 Å². The average Bonchev–Trinajstić information content (AvgIpc) is 3.81. The molecule has 2 aromatic rings. The van der Waals surface area contributed by atoms with Gasteiger partial charge in [0.05, 0.1) is 39.3 Å². The second-order valence-electron chi connectivity index (χ2n) is 17.9. The number of fused-ring (bicyclic) bond motifs is 13. The van der Waals surface area contributed by atoms with Crippen LogP contribution in [0.3, 0.4) is 0 Å². The van der Waals surface area contributed by atoms with E-state index < -0.39 is 11.4 Å². The summed E-state index contributed by atoms with van der Waals surface area (Å²) in [4.78, 5) is 5.24. The van der Waals surface area contributed by atoms with E-state index in [4.69, 9.17) is 0 Å². The molecule has 12 rings (SSSR count). The molecule has 46 heavy (non-hydrogen) atoms. The Morgan fingerprint density at radius 3 is 1.50 bits per heavy atom. The van der Waals surface area contributed by atoms with Crippen molar-refractivity contribution in [1.29, 1.82) is 0 Å². The van der Waals surface area contributed by atoms with E-state index in [0.717, 1.165) is 60.8 Å². The van der Waals surface area contributed by atoms with Gasteiger partial charge in [-0.3, -0.25) is 0 Å². The molecular formula is C40H48N4O2+2. The Morgan fingerprint density at radius 1 is 0.674 bits per heavy atom. The van der Waals surface area contributed by atoms with Gasteiger partial charge in [-0.15, -0.1) is 0 Å². The summed E-state index contributed by atoms with van der Waals surface area (Å²) in [5.41, 5.74) is 5.92. The standard InChI is InChI=1S/C40H48N4O2/c1-5-23-21-43(3)17-15-37-27-11-7-10-14-30(27)42-36-34-26-20-32-38(16-18-44(32,4)22-24(26)6-2)28-12-8-9-13-29(28)41(40(34,38)46)35(36)33(39(37,42)45)25(23)19-31(37)43/h5-14,25-26,31-36,45-46H,15-22H2,1-4H3/q+2/b23-5-,24-6+/t25-,26-,31-,32-,33?,34?,35+,36+,37+,38+,39+,40+,43-,44-/m0/s1. The van der Waals surface area contributed by atoms with Crippen molar-refractivity contribution in [1.82, 2.24) is 0 Å². The SMILES string of the molecule is C/C=C1\C[N@+]2(C)CC[C@@]34c5ccccc5N5[C@@H]6C7[C@H]8C[C@H]9[C@@]%10(CC[N@@+]9(C)C/C8=C/C)c8ccccc8N([C@@H]6C([C@H]1C[C@@H]32)[C@]54O)[C@@]7%10O. The smallest absolute Gasteiger partial charge is 0.159 e. The number of hydrogen-bond donors (Lipinski definition) is 2. The zero-order valence-corrected chi connectivity index (χ0v) is 27.7. The van der Waals surface area contributed by atoms with Crippen molar-refractivity contribution >= 4 is 11.4 Å². The molecule has 8 fully saturated rings. The second kappa shape index (κ2) is 7.34. The number of aliphatic hydroxyl groups is 2. The minimum Gasteiger partial charge on any atom is -0.369 e. The molecule has 2 N–H and O–H groups in total. The van der Waals surface area contributed by atoms with Crippen LogP contribution in [0.2, 0.25) is 0 Å². The first-order valence-electron chi connectivity index (χ1n) is 18.4. The first-order valence-corrected chi connectivity index (χ1v) is 18.4. The Bertz CT molecular complexity index is 1740.